The summed E-state index contributed by atoms with van der Waals surface area (Å²) in [6.45, 7) is 1.40. The van der Waals surface area contributed by atoms with E-state index in [9.17, 15) is 18.5 Å². The predicted molar refractivity (Wildman–Crippen MR) is 71.9 cm³/mol. The second-order valence-electron chi connectivity index (χ2n) is 4.32. The molecular formula is C12H13N3O4S. The molecule has 0 aliphatic heterocycles. The van der Waals surface area contributed by atoms with Crippen molar-refractivity contribution in [2.24, 2.45) is 7.05 Å². The predicted octanol–water partition coefficient (Wildman–Crippen LogP) is 1.86. The molecule has 1 heterocycles. The van der Waals surface area contributed by atoms with Crippen molar-refractivity contribution in [3.05, 3.63) is 52.5 Å². The van der Waals surface area contributed by atoms with E-state index >= 15 is 0 Å². The van der Waals surface area contributed by atoms with E-state index in [0.717, 1.165) is 0 Å². The first-order valence-electron chi connectivity index (χ1n) is 5.80. The largest absolute Gasteiger partial charge is 0.358 e. The van der Waals surface area contributed by atoms with Gasteiger partial charge in [0.15, 0.2) is 21.9 Å². The number of nitrogens with zero attached hydrogens (tertiary/aromatic N) is 3. The van der Waals surface area contributed by atoms with E-state index < -0.39 is 20.0 Å². The summed E-state index contributed by atoms with van der Waals surface area (Å²) in [5.41, 5.74) is -0.0543. The summed E-state index contributed by atoms with van der Waals surface area (Å²) < 4.78 is 26.1. The van der Waals surface area contributed by atoms with Crippen LogP contribution in [0.15, 0.2) is 41.6 Å². The molecule has 1 atom stereocenters. The van der Waals surface area contributed by atoms with Gasteiger partial charge in [0.2, 0.25) is 0 Å². The fourth-order valence-corrected chi connectivity index (χ4v) is 3.32. The molecular weight excluding hydrogens is 282 g/mol. The lowest BCUT2D eigenvalue weighted by Gasteiger charge is -2.10. The van der Waals surface area contributed by atoms with E-state index in [2.05, 4.69) is 4.98 Å². The van der Waals surface area contributed by atoms with Crippen LogP contribution in [0.4, 0.5) is 5.82 Å². The Labute approximate surface area is 116 Å². The first-order chi connectivity index (χ1) is 9.35. The van der Waals surface area contributed by atoms with Crippen LogP contribution in [-0.4, -0.2) is 22.9 Å². The molecule has 0 N–H and O–H groups in total. The molecule has 0 spiro atoms. The Balaban J connectivity index is 2.52. The van der Waals surface area contributed by atoms with E-state index in [0.29, 0.717) is 0 Å². The van der Waals surface area contributed by atoms with Gasteiger partial charge in [-0.1, -0.05) is 18.2 Å². The van der Waals surface area contributed by atoms with Gasteiger partial charge in [-0.15, -0.1) is 0 Å². The second kappa shape index (κ2) is 5.04. The molecule has 0 saturated heterocycles. The van der Waals surface area contributed by atoms with Gasteiger partial charge in [0, 0.05) is 0 Å². The fourth-order valence-electron chi connectivity index (χ4n) is 1.91. The maximum atomic E-state index is 12.4. The molecule has 0 fully saturated rings. The Hall–Kier alpha value is -2.22. The van der Waals surface area contributed by atoms with Crippen LogP contribution in [0.5, 0.6) is 0 Å². The SMILES string of the molecule is CC(c1ncn(C)c1[N+](=O)[O-])S(=O)(=O)c1ccccc1. The number of sulfone groups is 1. The average molecular weight is 295 g/mol. The van der Waals surface area contributed by atoms with Gasteiger partial charge in [-0.3, -0.25) is 0 Å². The minimum Gasteiger partial charge on any atom is -0.358 e. The highest BCUT2D eigenvalue weighted by molar-refractivity contribution is 7.91. The minimum absolute atomic E-state index is 0.0543. The van der Waals surface area contributed by atoms with Crippen molar-refractivity contribution in [2.75, 3.05) is 0 Å². The third kappa shape index (κ3) is 2.29. The Morgan fingerprint density at radius 3 is 2.45 bits per heavy atom. The molecule has 20 heavy (non-hydrogen) atoms. The van der Waals surface area contributed by atoms with Gasteiger partial charge < -0.3 is 10.1 Å². The van der Waals surface area contributed by atoms with E-state index in [1.165, 1.54) is 37.0 Å². The lowest BCUT2D eigenvalue weighted by Crippen LogP contribution is -2.13. The van der Waals surface area contributed by atoms with Gasteiger partial charge in [-0.2, -0.15) is 0 Å². The van der Waals surface area contributed by atoms with E-state index in [1.807, 2.05) is 0 Å². The number of nitro groups is 1. The standard InChI is InChI=1S/C12H13N3O4S/c1-9(11-12(15(16)17)14(2)8-13-11)20(18,19)10-6-4-3-5-7-10/h3-9H,1-2H3. The van der Waals surface area contributed by atoms with Crippen molar-refractivity contribution in [2.45, 2.75) is 17.1 Å². The summed E-state index contributed by atoms with van der Waals surface area (Å²) in [6, 6.07) is 7.83. The van der Waals surface area contributed by atoms with Crippen LogP contribution in [0.25, 0.3) is 0 Å². The summed E-state index contributed by atoms with van der Waals surface area (Å²) in [5.74, 6) is -0.308. The number of imidazole rings is 1. The average Bonchev–Trinajstić information content (AvgIpc) is 2.80. The first kappa shape index (κ1) is 14.2. The molecule has 106 valence electrons. The molecule has 0 saturated carbocycles. The minimum atomic E-state index is -3.71. The van der Waals surface area contributed by atoms with Gasteiger partial charge in [-0.25, -0.2) is 18.0 Å². The highest BCUT2D eigenvalue weighted by Gasteiger charge is 2.33. The van der Waals surface area contributed by atoms with Crippen LogP contribution < -0.4 is 0 Å². The molecule has 1 aromatic heterocycles. The second-order valence-corrected chi connectivity index (χ2v) is 6.59. The quantitative estimate of drug-likeness (QED) is 0.633. The van der Waals surface area contributed by atoms with Crippen LogP contribution in [0.1, 0.15) is 17.9 Å². The summed E-state index contributed by atoms with van der Waals surface area (Å²) in [6.07, 6.45) is 1.24. The van der Waals surface area contributed by atoms with E-state index in [1.54, 1.807) is 18.2 Å². The van der Waals surface area contributed by atoms with Crippen LogP contribution >= 0.6 is 0 Å². The van der Waals surface area contributed by atoms with E-state index in [4.69, 9.17) is 0 Å². The molecule has 0 aliphatic carbocycles. The maximum Gasteiger partial charge on any atom is 0.347 e. The lowest BCUT2D eigenvalue weighted by atomic mass is 10.3. The highest BCUT2D eigenvalue weighted by Crippen LogP contribution is 2.32. The molecule has 2 aromatic rings. The van der Waals surface area contributed by atoms with Crippen molar-refractivity contribution in [1.82, 2.24) is 9.55 Å². The Morgan fingerprint density at radius 1 is 1.30 bits per heavy atom. The third-order valence-corrected chi connectivity index (χ3v) is 5.11. The smallest absolute Gasteiger partial charge is 0.347 e. The molecule has 0 amide bonds. The molecule has 1 aromatic carbocycles. The lowest BCUT2D eigenvalue weighted by molar-refractivity contribution is -0.392. The molecule has 7 nitrogen and oxygen atoms in total. The Morgan fingerprint density at radius 2 is 1.90 bits per heavy atom. The van der Waals surface area contributed by atoms with E-state index in [-0.39, 0.29) is 16.4 Å². The van der Waals surface area contributed by atoms with Crippen molar-refractivity contribution >= 4 is 15.7 Å². The zero-order chi connectivity index (χ0) is 14.9. The van der Waals surface area contributed by atoms with Crippen molar-refractivity contribution < 1.29 is 13.3 Å². The van der Waals surface area contributed by atoms with Crippen LogP contribution in [-0.2, 0) is 16.9 Å². The zero-order valence-corrected chi connectivity index (χ0v) is 11.7. The highest BCUT2D eigenvalue weighted by atomic mass is 32.2. The van der Waals surface area contributed by atoms with Crippen LogP contribution in [0.3, 0.4) is 0 Å². The zero-order valence-electron chi connectivity index (χ0n) is 10.9. The summed E-state index contributed by atoms with van der Waals surface area (Å²) >= 11 is 0. The summed E-state index contributed by atoms with van der Waals surface area (Å²) in [4.78, 5) is 14.4. The van der Waals surface area contributed by atoms with Crippen molar-refractivity contribution in [3.63, 3.8) is 0 Å². The van der Waals surface area contributed by atoms with Gasteiger partial charge in [0.1, 0.15) is 5.25 Å². The van der Waals surface area contributed by atoms with Crippen molar-refractivity contribution in [1.29, 1.82) is 0 Å². The fraction of sp³-hybridized carbons (Fsp3) is 0.250. The molecule has 0 radical (unpaired) electrons. The van der Waals surface area contributed by atoms with Crippen LogP contribution in [0, 0.1) is 10.1 Å². The number of benzene rings is 1. The summed E-state index contributed by atoms with van der Waals surface area (Å²) in [5, 5.41) is 9.93. The molecule has 0 bridgehead atoms. The van der Waals surface area contributed by atoms with Gasteiger partial charge in [0.05, 0.1) is 11.9 Å². The van der Waals surface area contributed by atoms with Crippen molar-refractivity contribution in [3.8, 4) is 0 Å². The molecule has 8 heteroatoms. The number of aromatic nitrogens is 2. The summed E-state index contributed by atoms with van der Waals surface area (Å²) in [7, 11) is -2.26. The van der Waals surface area contributed by atoms with Gasteiger partial charge >= 0.3 is 5.82 Å². The topological polar surface area (TPSA) is 95.1 Å². The third-order valence-electron chi connectivity index (χ3n) is 3.03. The Kier molecular flexibility index (Phi) is 3.58. The number of rotatable bonds is 4. The normalized spacial score (nSPS) is 13.1. The Bertz CT molecular complexity index is 737. The molecule has 2 rings (SSSR count). The first-order valence-corrected chi connectivity index (χ1v) is 7.35. The van der Waals surface area contributed by atoms with Crippen LogP contribution in [0.2, 0.25) is 0 Å². The number of hydrogen-bond donors (Lipinski definition) is 0. The monoisotopic (exact) mass is 295 g/mol. The molecule has 0 aliphatic rings. The number of hydrogen-bond acceptors (Lipinski definition) is 5. The molecule has 1 unspecified atom stereocenters. The maximum absolute atomic E-state index is 12.4. The number of aryl methyl sites for hydroxylation is 1. The van der Waals surface area contributed by atoms with Gasteiger partial charge in [-0.05, 0) is 24.0 Å². The van der Waals surface area contributed by atoms with Gasteiger partial charge in [0.25, 0.3) is 0 Å².